The maximum atomic E-state index is 14.5. The summed E-state index contributed by atoms with van der Waals surface area (Å²) in [6, 6.07) is 4.25. The molecule has 0 saturated carbocycles. The molecule has 8 nitrogen and oxygen atoms in total. The number of fused-ring (bicyclic) bond motifs is 2. The summed E-state index contributed by atoms with van der Waals surface area (Å²) in [7, 11) is 0. The first kappa shape index (κ1) is 24.7. The van der Waals surface area contributed by atoms with E-state index in [2.05, 4.69) is 0 Å². The summed E-state index contributed by atoms with van der Waals surface area (Å²) in [5, 5.41) is 10.4. The van der Waals surface area contributed by atoms with Crippen LogP contribution in [0.1, 0.15) is 31.4 Å². The Morgan fingerprint density at radius 1 is 1.14 bits per heavy atom. The van der Waals surface area contributed by atoms with Crippen LogP contribution in [0.15, 0.2) is 42.5 Å². The summed E-state index contributed by atoms with van der Waals surface area (Å²) in [5.41, 5.74) is 1.36. The predicted molar refractivity (Wildman–Crippen MR) is 133 cm³/mol. The molecule has 0 radical (unpaired) electrons. The third-order valence-electron chi connectivity index (χ3n) is 8.41. The number of ether oxygens (including phenoxy) is 2. The van der Waals surface area contributed by atoms with E-state index in [4.69, 9.17) is 9.47 Å². The van der Waals surface area contributed by atoms with Gasteiger partial charge < -0.3 is 24.4 Å². The van der Waals surface area contributed by atoms with Crippen molar-refractivity contribution >= 4 is 23.5 Å². The summed E-state index contributed by atoms with van der Waals surface area (Å²) in [6.07, 6.45) is 7.21. The van der Waals surface area contributed by atoms with Gasteiger partial charge in [-0.15, -0.1) is 0 Å². The number of carbonyl (C=O) groups is 3. The van der Waals surface area contributed by atoms with E-state index in [9.17, 15) is 19.5 Å². The summed E-state index contributed by atoms with van der Waals surface area (Å²) < 4.78 is 11.9. The first-order chi connectivity index (χ1) is 17.3. The fraction of sp³-hybridized carbons (Fsp3) is 0.536. The van der Waals surface area contributed by atoms with Crippen molar-refractivity contribution in [1.29, 1.82) is 0 Å². The molecule has 36 heavy (non-hydrogen) atoms. The molecule has 4 heterocycles. The largest absolute Gasteiger partial charge is 0.461 e. The molecule has 2 saturated heterocycles. The first-order valence-electron chi connectivity index (χ1n) is 12.8. The van der Waals surface area contributed by atoms with E-state index >= 15 is 0 Å². The second-order valence-corrected chi connectivity index (χ2v) is 10.4. The predicted octanol–water partition coefficient (Wildman–Crippen LogP) is 2.31. The summed E-state index contributed by atoms with van der Waals surface area (Å²) in [4.78, 5) is 45.0. The van der Waals surface area contributed by atoms with Gasteiger partial charge in [-0.3, -0.25) is 14.4 Å². The number of aliphatic hydroxyl groups excluding tert-OH is 1. The monoisotopic (exact) mass is 494 g/mol. The minimum absolute atomic E-state index is 0.0692. The minimum atomic E-state index is -1.34. The number of hydrogen-bond acceptors (Lipinski definition) is 6. The molecule has 2 fully saturated rings. The Hall–Kier alpha value is -2.97. The highest BCUT2D eigenvalue weighted by atomic mass is 16.6. The van der Waals surface area contributed by atoms with E-state index in [1.165, 1.54) is 4.90 Å². The Morgan fingerprint density at radius 3 is 2.53 bits per heavy atom. The van der Waals surface area contributed by atoms with Gasteiger partial charge in [-0.25, -0.2) is 0 Å². The Bertz CT molecular complexity index is 1120. The van der Waals surface area contributed by atoms with Crippen LogP contribution in [0.5, 0.6) is 0 Å². The Morgan fingerprint density at radius 2 is 1.86 bits per heavy atom. The fourth-order valence-corrected chi connectivity index (χ4v) is 6.51. The molecule has 0 aromatic heterocycles. The van der Waals surface area contributed by atoms with Crippen molar-refractivity contribution in [2.45, 2.75) is 57.9 Å². The number of hydrogen-bond donors (Lipinski definition) is 1. The number of likely N-dealkylation sites (tertiary alicyclic amines) is 1. The van der Waals surface area contributed by atoms with Crippen LogP contribution in [0.4, 0.5) is 5.69 Å². The van der Waals surface area contributed by atoms with Crippen LogP contribution in [0.25, 0.3) is 0 Å². The number of benzene rings is 1. The first-order valence-corrected chi connectivity index (χ1v) is 12.8. The van der Waals surface area contributed by atoms with Crippen molar-refractivity contribution in [2.24, 2.45) is 17.8 Å². The average molecular weight is 495 g/mol. The normalized spacial score (nSPS) is 33.0. The van der Waals surface area contributed by atoms with Crippen molar-refractivity contribution in [3.8, 4) is 0 Å². The van der Waals surface area contributed by atoms with Crippen LogP contribution >= 0.6 is 0 Å². The van der Waals surface area contributed by atoms with Gasteiger partial charge in [0, 0.05) is 12.2 Å². The summed E-state index contributed by atoms with van der Waals surface area (Å²) >= 11 is 0. The number of amides is 2. The molecule has 1 N–H and O–H groups in total. The number of para-hydroxylation sites is 1. The highest BCUT2D eigenvalue weighted by molar-refractivity contribution is 6.06. The third-order valence-corrected chi connectivity index (χ3v) is 8.41. The lowest BCUT2D eigenvalue weighted by Gasteiger charge is -2.40. The van der Waals surface area contributed by atoms with Gasteiger partial charge in [0.05, 0.1) is 24.7 Å². The number of nitrogens with zero attached hydrogens (tertiary/aromatic N) is 2. The lowest BCUT2D eigenvalue weighted by Crippen LogP contribution is -2.59. The molecule has 7 atom stereocenters. The van der Waals surface area contributed by atoms with Crippen molar-refractivity contribution in [3.05, 3.63) is 53.6 Å². The minimum Gasteiger partial charge on any atom is -0.461 e. The van der Waals surface area contributed by atoms with Crippen molar-refractivity contribution in [1.82, 2.24) is 4.90 Å². The molecule has 192 valence electrons. The van der Waals surface area contributed by atoms with Crippen LogP contribution in [0.2, 0.25) is 0 Å². The molecule has 1 aromatic rings. The van der Waals surface area contributed by atoms with Crippen molar-refractivity contribution < 1.29 is 29.0 Å². The molecule has 0 bridgehead atoms. The van der Waals surface area contributed by atoms with Crippen LogP contribution in [-0.2, 0) is 23.9 Å². The maximum absolute atomic E-state index is 14.5. The number of carbonyl (C=O) groups excluding carboxylic acids is 3. The third kappa shape index (κ3) is 3.45. The zero-order valence-electron chi connectivity index (χ0n) is 21.2. The molecule has 8 heteroatoms. The Labute approximate surface area is 211 Å². The van der Waals surface area contributed by atoms with E-state index in [0.29, 0.717) is 13.0 Å². The highest BCUT2D eigenvalue weighted by Crippen LogP contribution is 2.54. The van der Waals surface area contributed by atoms with Gasteiger partial charge in [-0.2, -0.15) is 0 Å². The topological polar surface area (TPSA) is 96.4 Å². The van der Waals surface area contributed by atoms with Crippen LogP contribution in [0.3, 0.4) is 0 Å². The second-order valence-electron chi connectivity index (χ2n) is 10.4. The molecular formula is C28H34N2O6. The molecule has 1 aromatic carbocycles. The second kappa shape index (κ2) is 9.16. The van der Waals surface area contributed by atoms with E-state index in [0.717, 1.165) is 16.8 Å². The molecule has 1 unspecified atom stereocenters. The van der Waals surface area contributed by atoms with Crippen molar-refractivity contribution in [3.63, 3.8) is 0 Å². The number of aliphatic hydroxyl groups is 1. The summed E-state index contributed by atoms with van der Waals surface area (Å²) in [5.74, 6) is -2.96. The SMILES string of the molecule is CC[C@H](C)[C@H](CO)N1C(=O)[C@@H]2[C@H]3C(=O)OCC=C[C@H]3O[C@@]23C=CCN(c2c(C)cccc2C)C(=O)C13. The Balaban J connectivity index is 1.69. The molecular weight excluding hydrogens is 460 g/mol. The zero-order valence-corrected chi connectivity index (χ0v) is 21.2. The van der Waals surface area contributed by atoms with Crippen LogP contribution in [-0.4, -0.2) is 71.3 Å². The van der Waals surface area contributed by atoms with Crippen LogP contribution in [0, 0.1) is 31.6 Å². The fourth-order valence-electron chi connectivity index (χ4n) is 6.51. The lowest BCUT2D eigenvalue weighted by molar-refractivity contribution is -0.154. The number of cyclic esters (lactones) is 1. The van der Waals surface area contributed by atoms with Crippen molar-refractivity contribution in [2.75, 3.05) is 24.7 Å². The number of aryl methyl sites for hydroxylation is 2. The van der Waals surface area contributed by atoms with Gasteiger partial charge in [0.25, 0.3) is 5.91 Å². The molecule has 2 amide bonds. The maximum Gasteiger partial charge on any atom is 0.313 e. The number of anilines is 1. The average Bonchev–Trinajstić information content (AvgIpc) is 3.15. The standard InChI is InChI=1S/C28H34N2O6/c1-5-16(2)19(15-31)30-24-26(33)29(23-17(3)9-6-10-18(23)4)13-8-12-28(24)22(25(30)32)21-20(36-28)11-7-14-35-27(21)34/h6-12,16,19-22,24,31H,5,13-15H2,1-4H3/t16-,19-,20+,21-,22-,24?,28-/m0/s1. The quantitative estimate of drug-likeness (QED) is 0.499. The van der Waals surface area contributed by atoms with E-state index in [1.807, 2.05) is 58.0 Å². The van der Waals surface area contributed by atoms with Gasteiger partial charge >= 0.3 is 5.97 Å². The van der Waals surface area contributed by atoms with Gasteiger partial charge in [-0.05, 0) is 37.0 Å². The molecule has 1 spiro atoms. The van der Waals surface area contributed by atoms with Crippen LogP contribution < -0.4 is 4.90 Å². The zero-order chi connectivity index (χ0) is 25.8. The van der Waals surface area contributed by atoms with E-state index < -0.39 is 41.6 Å². The van der Waals surface area contributed by atoms with Gasteiger partial charge in [0.1, 0.15) is 24.2 Å². The Kier molecular flexibility index (Phi) is 6.29. The molecule has 0 aliphatic carbocycles. The molecule has 4 aliphatic heterocycles. The lowest BCUT2D eigenvalue weighted by atomic mass is 9.78. The van der Waals surface area contributed by atoms with Gasteiger partial charge in [0.2, 0.25) is 5.91 Å². The van der Waals surface area contributed by atoms with E-state index in [-0.39, 0.29) is 30.9 Å². The number of rotatable bonds is 5. The molecule has 4 aliphatic rings. The van der Waals surface area contributed by atoms with Gasteiger partial charge in [-0.1, -0.05) is 56.7 Å². The van der Waals surface area contributed by atoms with Gasteiger partial charge in [0.15, 0.2) is 0 Å². The summed E-state index contributed by atoms with van der Waals surface area (Å²) in [6.45, 7) is 8.01. The smallest absolute Gasteiger partial charge is 0.313 e. The molecule has 5 rings (SSSR count). The number of esters is 1. The highest BCUT2D eigenvalue weighted by Gasteiger charge is 2.72. The van der Waals surface area contributed by atoms with E-state index in [1.54, 1.807) is 17.1 Å².